The van der Waals surface area contributed by atoms with Gasteiger partial charge in [0.2, 0.25) is 5.91 Å². The van der Waals surface area contributed by atoms with E-state index in [0.717, 1.165) is 31.5 Å². The van der Waals surface area contributed by atoms with Gasteiger partial charge in [0.1, 0.15) is 6.04 Å². The van der Waals surface area contributed by atoms with Gasteiger partial charge in [-0.15, -0.1) is 0 Å². The van der Waals surface area contributed by atoms with Crippen molar-refractivity contribution in [1.82, 2.24) is 15.5 Å². The van der Waals surface area contributed by atoms with E-state index in [1.54, 1.807) is 0 Å². The highest BCUT2D eigenvalue weighted by atomic mass is 16.2. The van der Waals surface area contributed by atoms with Gasteiger partial charge in [0, 0.05) is 7.05 Å². The number of carbonyl (C=O) groups excluding carboxylic acids is 2. The van der Waals surface area contributed by atoms with Gasteiger partial charge in [-0.25, -0.2) is 4.79 Å². The Labute approximate surface area is 119 Å². The first-order valence-corrected chi connectivity index (χ1v) is 7.04. The van der Waals surface area contributed by atoms with E-state index in [0.29, 0.717) is 0 Å². The molecule has 0 aliphatic carbocycles. The van der Waals surface area contributed by atoms with Crippen molar-refractivity contribution in [2.75, 3.05) is 20.1 Å². The van der Waals surface area contributed by atoms with Crippen molar-refractivity contribution in [3.05, 3.63) is 35.9 Å². The number of hydrogen-bond donors (Lipinski definition) is 2. The van der Waals surface area contributed by atoms with Crippen LogP contribution in [-0.4, -0.2) is 37.0 Å². The highest BCUT2D eigenvalue weighted by Crippen LogP contribution is 2.24. The lowest BCUT2D eigenvalue weighted by Gasteiger charge is -2.33. The van der Waals surface area contributed by atoms with Crippen molar-refractivity contribution in [2.45, 2.75) is 25.3 Å². The minimum atomic E-state index is -0.465. The average Bonchev–Trinajstić information content (AvgIpc) is 2.49. The van der Waals surface area contributed by atoms with Gasteiger partial charge in [-0.2, -0.15) is 0 Å². The third-order valence-electron chi connectivity index (χ3n) is 3.58. The lowest BCUT2D eigenvalue weighted by Crippen LogP contribution is -2.46. The highest BCUT2D eigenvalue weighted by Gasteiger charge is 2.29. The zero-order chi connectivity index (χ0) is 14.4. The number of hydrogen-bond acceptors (Lipinski definition) is 3. The molecule has 1 aromatic rings. The van der Waals surface area contributed by atoms with Crippen molar-refractivity contribution < 1.29 is 9.59 Å². The average molecular weight is 275 g/mol. The highest BCUT2D eigenvalue weighted by molar-refractivity contribution is 5.97. The van der Waals surface area contributed by atoms with E-state index in [4.69, 9.17) is 0 Å². The smallest absolute Gasteiger partial charge is 0.321 e. The third kappa shape index (κ3) is 3.57. The summed E-state index contributed by atoms with van der Waals surface area (Å²) in [7, 11) is 1.50. The number of carbonyl (C=O) groups is 2. The molecular formula is C15H21N3O2. The van der Waals surface area contributed by atoms with E-state index in [1.165, 1.54) is 13.5 Å². The third-order valence-corrected chi connectivity index (χ3v) is 3.58. The predicted molar refractivity (Wildman–Crippen MR) is 77.2 cm³/mol. The fraction of sp³-hybridized carbons (Fsp3) is 0.467. The molecule has 20 heavy (non-hydrogen) atoms. The summed E-state index contributed by atoms with van der Waals surface area (Å²) in [6.07, 6.45) is 3.39. The van der Waals surface area contributed by atoms with Crippen LogP contribution in [0.4, 0.5) is 4.79 Å². The van der Waals surface area contributed by atoms with Gasteiger partial charge in [0.05, 0.1) is 0 Å². The standard InChI is InChI=1S/C15H21N3O2/c1-16-15(20)17-14(19)13(12-8-4-2-5-9-12)18-10-6-3-7-11-18/h2,4-5,8-9,13H,3,6-7,10-11H2,1H3,(H2,16,17,19,20)/t13-/m1/s1. The van der Waals surface area contributed by atoms with E-state index in [1.807, 2.05) is 30.3 Å². The van der Waals surface area contributed by atoms with E-state index in [2.05, 4.69) is 15.5 Å². The summed E-state index contributed by atoms with van der Waals surface area (Å²) < 4.78 is 0. The topological polar surface area (TPSA) is 61.4 Å². The van der Waals surface area contributed by atoms with Crippen molar-refractivity contribution in [3.63, 3.8) is 0 Å². The van der Waals surface area contributed by atoms with Crippen LogP contribution < -0.4 is 10.6 Å². The van der Waals surface area contributed by atoms with Gasteiger partial charge in [-0.1, -0.05) is 36.8 Å². The number of likely N-dealkylation sites (tertiary alicyclic amines) is 1. The maximum Gasteiger partial charge on any atom is 0.321 e. The second-order valence-electron chi connectivity index (χ2n) is 4.98. The Kier molecular flexibility index (Phi) is 5.12. The molecule has 1 saturated heterocycles. The summed E-state index contributed by atoms with van der Waals surface area (Å²) in [5.41, 5.74) is 0.927. The van der Waals surface area contributed by atoms with Crippen LogP contribution in [0.3, 0.4) is 0 Å². The number of benzene rings is 1. The number of piperidine rings is 1. The Morgan fingerprint density at radius 1 is 1.10 bits per heavy atom. The number of urea groups is 1. The lowest BCUT2D eigenvalue weighted by atomic mass is 10.0. The largest absolute Gasteiger partial charge is 0.341 e. The zero-order valence-corrected chi connectivity index (χ0v) is 11.8. The maximum absolute atomic E-state index is 12.4. The van der Waals surface area contributed by atoms with Gasteiger partial charge in [0.25, 0.3) is 0 Å². The fourth-order valence-electron chi connectivity index (χ4n) is 2.58. The number of amides is 3. The molecule has 2 N–H and O–H groups in total. The molecule has 1 atom stereocenters. The van der Waals surface area contributed by atoms with Crippen LogP contribution in [-0.2, 0) is 4.79 Å². The second kappa shape index (κ2) is 7.05. The van der Waals surface area contributed by atoms with E-state index in [-0.39, 0.29) is 5.91 Å². The molecule has 1 fully saturated rings. The minimum Gasteiger partial charge on any atom is -0.341 e. The molecule has 1 aliphatic heterocycles. The molecule has 5 nitrogen and oxygen atoms in total. The molecule has 2 rings (SSSR count). The summed E-state index contributed by atoms with van der Waals surface area (Å²) >= 11 is 0. The maximum atomic E-state index is 12.4. The Bertz CT molecular complexity index is 455. The summed E-state index contributed by atoms with van der Waals surface area (Å²) in [5, 5.41) is 4.81. The predicted octanol–water partition coefficient (Wildman–Crippen LogP) is 1.67. The first kappa shape index (κ1) is 14.5. The Balaban J connectivity index is 2.19. The molecule has 0 spiro atoms. The van der Waals surface area contributed by atoms with Crippen molar-refractivity contribution in [2.24, 2.45) is 0 Å². The Morgan fingerprint density at radius 2 is 1.75 bits per heavy atom. The van der Waals surface area contributed by atoms with Crippen LogP contribution in [0.25, 0.3) is 0 Å². The Morgan fingerprint density at radius 3 is 2.35 bits per heavy atom. The molecular weight excluding hydrogens is 254 g/mol. The van der Waals surface area contributed by atoms with Gasteiger partial charge in [-0.05, 0) is 31.5 Å². The number of nitrogens with one attached hydrogen (secondary N) is 2. The number of rotatable bonds is 3. The van der Waals surface area contributed by atoms with Gasteiger partial charge >= 0.3 is 6.03 Å². The summed E-state index contributed by atoms with van der Waals surface area (Å²) in [4.78, 5) is 25.9. The first-order chi connectivity index (χ1) is 9.72. The summed E-state index contributed by atoms with van der Waals surface area (Å²) in [6.45, 7) is 1.78. The molecule has 5 heteroatoms. The molecule has 1 aliphatic rings. The summed E-state index contributed by atoms with van der Waals surface area (Å²) in [5.74, 6) is -0.266. The van der Waals surface area contributed by atoms with E-state index in [9.17, 15) is 9.59 Å². The van der Waals surface area contributed by atoms with Crippen LogP contribution in [0.5, 0.6) is 0 Å². The van der Waals surface area contributed by atoms with E-state index < -0.39 is 12.1 Å². The first-order valence-electron chi connectivity index (χ1n) is 7.04. The lowest BCUT2D eigenvalue weighted by molar-refractivity contribution is -0.126. The van der Waals surface area contributed by atoms with Gasteiger partial charge < -0.3 is 5.32 Å². The molecule has 1 heterocycles. The van der Waals surface area contributed by atoms with Gasteiger partial charge in [0.15, 0.2) is 0 Å². The molecule has 0 bridgehead atoms. The van der Waals surface area contributed by atoms with Crippen LogP contribution in [0, 0.1) is 0 Å². The molecule has 1 aromatic carbocycles. The normalized spacial score (nSPS) is 17.2. The molecule has 108 valence electrons. The monoisotopic (exact) mass is 275 g/mol. The van der Waals surface area contributed by atoms with Crippen LogP contribution in [0.15, 0.2) is 30.3 Å². The SMILES string of the molecule is CNC(=O)NC(=O)[C@@H](c1ccccc1)N1CCCCC1. The number of nitrogens with zero attached hydrogens (tertiary/aromatic N) is 1. The van der Waals surface area contributed by atoms with Crippen LogP contribution in [0.2, 0.25) is 0 Å². The quantitative estimate of drug-likeness (QED) is 0.882. The molecule has 0 aromatic heterocycles. The Hall–Kier alpha value is -1.88. The molecule has 0 radical (unpaired) electrons. The van der Waals surface area contributed by atoms with Crippen LogP contribution >= 0.6 is 0 Å². The molecule has 3 amide bonds. The van der Waals surface area contributed by atoms with Gasteiger partial charge in [-0.3, -0.25) is 15.0 Å². The van der Waals surface area contributed by atoms with Crippen molar-refractivity contribution >= 4 is 11.9 Å². The van der Waals surface area contributed by atoms with Crippen LogP contribution in [0.1, 0.15) is 30.9 Å². The van der Waals surface area contributed by atoms with Crippen molar-refractivity contribution in [3.8, 4) is 0 Å². The number of imide groups is 1. The second-order valence-corrected chi connectivity index (χ2v) is 4.98. The fourth-order valence-corrected chi connectivity index (χ4v) is 2.58. The zero-order valence-electron chi connectivity index (χ0n) is 11.8. The molecule has 0 saturated carbocycles. The molecule has 0 unspecified atom stereocenters. The van der Waals surface area contributed by atoms with Crippen molar-refractivity contribution in [1.29, 1.82) is 0 Å². The van der Waals surface area contributed by atoms with E-state index >= 15 is 0 Å². The summed E-state index contributed by atoms with van der Waals surface area (Å²) in [6, 6.07) is 8.76. The minimum absolute atomic E-state index is 0.266.